The third-order valence-corrected chi connectivity index (χ3v) is 8.90. The van der Waals surface area contributed by atoms with Crippen LogP contribution in [0.2, 0.25) is 0 Å². The van der Waals surface area contributed by atoms with Gasteiger partial charge in [-0.3, -0.25) is 0 Å². The van der Waals surface area contributed by atoms with Crippen molar-refractivity contribution in [3.63, 3.8) is 0 Å². The van der Waals surface area contributed by atoms with Gasteiger partial charge in [-0.1, -0.05) is 160 Å². The van der Waals surface area contributed by atoms with E-state index in [1.807, 2.05) is 0 Å². The van der Waals surface area contributed by atoms with Crippen molar-refractivity contribution in [1.82, 2.24) is 0 Å². The van der Waals surface area contributed by atoms with Crippen LogP contribution in [0.3, 0.4) is 0 Å². The molecule has 0 N–H and O–H groups in total. The fourth-order valence-electron chi connectivity index (χ4n) is 7.03. The van der Waals surface area contributed by atoms with Gasteiger partial charge in [0.15, 0.2) is 0 Å². The minimum atomic E-state index is -0.230. The molecule has 5 aromatic rings. The van der Waals surface area contributed by atoms with Crippen molar-refractivity contribution in [3.05, 3.63) is 161 Å². The van der Waals surface area contributed by atoms with Crippen LogP contribution in [0.5, 0.6) is 0 Å². The monoisotopic (exact) mass is 478 g/mol. The first-order chi connectivity index (χ1) is 18.1. The lowest BCUT2D eigenvalue weighted by molar-refractivity contribution is 0.347. The third-order valence-electron chi connectivity index (χ3n) is 8.90. The average molecular weight is 479 g/mol. The molecule has 0 spiro atoms. The zero-order chi connectivity index (χ0) is 25.4. The second-order valence-corrected chi connectivity index (χ2v) is 10.6. The molecule has 0 radical (unpaired) electrons. The van der Waals surface area contributed by atoms with Gasteiger partial charge in [-0.15, -0.1) is 0 Å². The van der Waals surface area contributed by atoms with Crippen LogP contribution in [0, 0.1) is 0 Å². The van der Waals surface area contributed by atoms with E-state index in [-0.39, 0.29) is 23.2 Å². The van der Waals surface area contributed by atoms with E-state index in [4.69, 9.17) is 0 Å². The number of hydrogen-bond acceptors (Lipinski definition) is 0. The summed E-state index contributed by atoms with van der Waals surface area (Å²) < 4.78 is 0. The van der Waals surface area contributed by atoms with Crippen LogP contribution in [0.15, 0.2) is 133 Å². The topological polar surface area (TPSA) is 0 Å². The molecule has 0 nitrogen and oxygen atoms in total. The van der Waals surface area contributed by atoms with Crippen molar-refractivity contribution >= 4 is 16.8 Å². The van der Waals surface area contributed by atoms with E-state index in [0.29, 0.717) is 0 Å². The summed E-state index contributed by atoms with van der Waals surface area (Å²) in [5, 5.41) is 2.72. The van der Waals surface area contributed by atoms with Crippen molar-refractivity contribution in [2.75, 3.05) is 0 Å². The largest absolute Gasteiger partial charge is 0.0622 e. The van der Waals surface area contributed by atoms with E-state index in [1.165, 1.54) is 44.2 Å². The van der Waals surface area contributed by atoms with Crippen LogP contribution >= 0.6 is 0 Å². The molecule has 0 heterocycles. The van der Waals surface area contributed by atoms with Gasteiger partial charge in [0.1, 0.15) is 0 Å². The molecule has 37 heavy (non-hydrogen) atoms. The van der Waals surface area contributed by atoms with Crippen LogP contribution < -0.4 is 0 Å². The molecule has 0 aromatic heterocycles. The quantitative estimate of drug-likeness (QED) is 0.228. The molecule has 0 saturated heterocycles. The summed E-state index contributed by atoms with van der Waals surface area (Å²) in [6, 6.07) is 47.0. The summed E-state index contributed by atoms with van der Waals surface area (Å²) in [4.78, 5) is 0. The molecular formula is C37H34. The van der Waals surface area contributed by atoms with Crippen molar-refractivity contribution in [3.8, 4) is 0 Å². The van der Waals surface area contributed by atoms with Crippen LogP contribution in [0.4, 0.5) is 0 Å². The summed E-state index contributed by atoms with van der Waals surface area (Å²) >= 11 is 0. The number of allylic oxidation sites excluding steroid dienone is 1. The minimum Gasteiger partial charge on any atom is -0.0622 e. The molecule has 182 valence electrons. The highest BCUT2D eigenvalue weighted by molar-refractivity contribution is 5.98. The Morgan fingerprint density at radius 1 is 0.486 bits per heavy atom. The second-order valence-electron chi connectivity index (χ2n) is 10.6. The molecule has 3 atom stereocenters. The standard InChI is InChI=1S/C37H34/c1-26(29-15-7-4-8-16-29)35-25-33-23-13-21-32-22-14-24-34(36(32)33)37(35,27(2)30-17-9-5-10-18-30)28(3)31-19-11-6-12-20-31/h4-28H,1-3H3. The Hall–Kier alpha value is -3.90. The Kier molecular flexibility index (Phi) is 6.05. The minimum absolute atomic E-state index is 0.230. The molecule has 0 amide bonds. The van der Waals surface area contributed by atoms with E-state index in [0.717, 1.165) is 0 Å². The number of rotatable bonds is 6. The number of benzene rings is 5. The van der Waals surface area contributed by atoms with Crippen LogP contribution in [0.25, 0.3) is 16.8 Å². The van der Waals surface area contributed by atoms with Gasteiger partial charge in [0, 0.05) is 11.3 Å². The van der Waals surface area contributed by atoms with Gasteiger partial charge in [0.25, 0.3) is 0 Å². The number of hydrogen-bond donors (Lipinski definition) is 0. The first-order valence-corrected chi connectivity index (χ1v) is 13.5. The maximum Gasteiger partial charge on any atom is 0.0309 e. The Balaban J connectivity index is 1.73. The Labute approximate surface area is 221 Å². The molecule has 0 fully saturated rings. The van der Waals surface area contributed by atoms with Gasteiger partial charge < -0.3 is 0 Å². The fourth-order valence-corrected chi connectivity index (χ4v) is 7.03. The smallest absolute Gasteiger partial charge is 0.0309 e. The van der Waals surface area contributed by atoms with E-state index in [9.17, 15) is 0 Å². The van der Waals surface area contributed by atoms with E-state index in [2.05, 4.69) is 154 Å². The lowest BCUT2D eigenvalue weighted by Crippen LogP contribution is -2.42. The first kappa shape index (κ1) is 23.5. The first-order valence-electron chi connectivity index (χ1n) is 13.5. The Morgan fingerprint density at radius 2 is 0.973 bits per heavy atom. The molecule has 0 bridgehead atoms. The molecular weight excluding hydrogens is 444 g/mol. The molecule has 1 aliphatic carbocycles. The molecule has 0 aliphatic heterocycles. The summed E-state index contributed by atoms with van der Waals surface area (Å²) in [6.45, 7) is 7.31. The van der Waals surface area contributed by atoms with Gasteiger partial charge in [-0.05, 0) is 50.4 Å². The maximum atomic E-state index is 2.53. The van der Waals surface area contributed by atoms with Crippen LogP contribution in [-0.4, -0.2) is 0 Å². The highest BCUT2D eigenvalue weighted by atomic mass is 14.5. The lowest BCUT2D eigenvalue weighted by atomic mass is 9.51. The highest BCUT2D eigenvalue weighted by Gasteiger charge is 2.50. The summed E-state index contributed by atoms with van der Waals surface area (Å²) in [7, 11) is 0. The van der Waals surface area contributed by atoms with Crippen molar-refractivity contribution < 1.29 is 0 Å². The van der Waals surface area contributed by atoms with Gasteiger partial charge >= 0.3 is 0 Å². The van der Waals surface area contributed by atoms with Crippen molar-refractivity contribution in [2.45, 2.75) is 43.9 Å². The van der Waals surface area contributed by atoms with Gasteiger partial charge in [-0.25, -0.2) is 0 Å². The van der Waals surface area contributed by atoms with Crippen LogP contribution in [0.1, 0.15) is 66.3 Å². The summed E-state index contributed by atoms with van der Waals surface area (Å²) in [5.41, 5.74) is 8.19. The van der Waals surface area contributed by atoms with Gasteiger partial charge in [0.2, 0.25) is 0 Å². The zero-order valence-corrected chi connectivity index (χ0v) is 21.9. The highest BCUT2D eigenvalue weighted by Crippen LogP contribution is 2.60. The SMILES string of the molecule is CC(C1=Cc2cccc3cccc(c23)C1(C(C)c1ccccc1)C(C)c1ccccc1)c1ccccc1. The zero-order valence-electron chi connectivity index (χ0n) is 21.9. The van der Waals surface area contributed by atoms with Crippen molar-refractivity contribution in [2.24, 2.45) is 0 Å². The molecule has 5 aromatic carbocycles. The summed E-state index contributed by atoms with van der Waals surface area (Å²) in [6.07, 6.45) is 2.53. The average Bonchev–Trinajstić information content (AvgIpc) is 2.98. The predicted molar refractivity (Wildman–Crippen MR) is 158 cm³/mol. The molecule has 1 aliphatic rings. The Bertz CT molecular complexity index is 1490. The van der Waals surface area contributed by atoms with E-state index < -0.39 is 0 Å². The van der Waals surface area contributed by atoms with Crippen molar-refractivity contribution in [1.29, 1.82) is 0 Å². The third kappa shape index (κ3) is 3.75. The second kappa shape index (κ2) is 9.52. The van der Waals surface area contributed by atoms with Gasteiger partial charge in [-0.2, -0.15) is 0 Å². The van der Waals surface area contributed by atoms with E-state index in [1.54, 1.807) is 0 Å². The maximum absolute atomic E-state index is 2.53. The summed E-state index contributed by atoms with van der Waals surface area (Å²) in [5.74, 6) is 0.794. The molecule has 0 heteroatoms. The Morgan fingerprint density at radius 3 is 1.51 bits per heavy atom. The normalized spacial score (nSPS) is 19.2. The molecule has 3 unspecified atom stereocenters. The van der Waals surface area contributed by atoms with E-state index >= 15 is 0 Å². The van der Waals surface area contributed by atoms with Gasteiger partial charge in [0.05, 0.1) is 0 Å². The predicted octanol–water partition coefficient (Wildman–Crippen LogP) is 9.89. The van der Waals surface area contributed by atoms with Crippen LogP contribution in [-0.2, 0) is 5.41 Å². The molecule has 6 rings (SSSR count). The molecule has 0 saturated carbocycles. The fraction of sp³-hybridized carbons (Fsp3) is 0.189. The lowest BCUT2D eigenvalue weighted by Gasteiger charge is -2.51.